The first-order chi connectivity index (χ1) is 19.8. The van der Waals surface area contributed by atoms with E-state index >= 15 is 0 Å². The van der Waals surface area contributed by atoms with Crippen LogP contribution in [0.3, 0.4) is 0 Å². The summed E-state index contributed by atoms with van der Waals surface area (Å²) in [6, 6.07) is 2.48. The summed E-state index contributed by atoms with van der Waals surface area (Å²) in [6.07, 6.45) is 47.4. The number of aryl methyl sites for hydroxylation is 3. The van der Waals surface area contributed by atoms with E-state index in [-0.39, 0.29) is 0 Å². The zero-order valence-corrected chi connectivity index (χ0v) is 28.1. The molecule has 0 radical (unpaired) electrons. The highest BCUT2D eigenvalue weighted by Crippen LogP contribution is 2.17. The van der Waals surface area contributed by atoms with E-state index in [0.29, 0.717) is 0 Å². The van der Waals surface area contributed by atoms with Gasteiger partial charge >= 0.3 is 0 Å². The van der Waals surface area contributed by atoms with Gasteiger partial charge in [0.2, 0.25) is 0 Å². The number of aromatic nitrogens is 1. The van der Waals surface area contributed by atoms with Gasteiger partial charge in [-0.3, -0.25) is 0 Å². The second-order valence-electron chi connectivity index (χ2n) is 13.1. The second-order valence-corrected chi connectivity index (χ2v) is 13.1. The van der Waals surface area contributed by atoms with Crippen molar-refractivity contribution in [1.82, 2.24) is 0 Å². The molecule has 0 aliphatic rings. The molecule has 234 valence electrons. The Hall–Kier alpha value is -0.850. The summed E-state index contributed by atoms with van der Waals surface area (Å²) in [5.41, 5.74) is 3.30. The van der Waals surface area contributed by atoms with Crippen LogP contribution in [0.5, 0.6) is 0 Å². The van der Waals surface area contributed by atoms with Crippen LogP contribution in [-0.4, -0.2) is 0 Å². The molecule has 0 bridgehead atoms. The Labute approximate surface area is 253 Å². The number of nitrogens with zero attached hydrogens (tertiary/aromatic N) is 1. The monoisotopic (exact) mass is 557 g/mol. The van der Waals surface area contributed by atoms with Gasteiger partial charge in [-0.25, -0.2) is 4.57 Å². The molecule has 0 aliphatic heterocycles. The lowest BCUT2D eigenvalue weighted by molar-refractivity contribution is -0.697. The molecular formula is C39H74N+. The maximum Gasteiger partial charge on any atom is 0.172 e. The van der Waals surface area contributed by atoms with Gasteiger partial charge in [-0.15, -0.1) is 0 Å². The molecule has 1 aromatic rings. The molecule has 0 saturated heterocycles. The molecule has 0 saturated carbocycles. The Morgan fingerprint density at radius 3 is 1.10 bits per heavy atom. The summed E-state index contributed by atoms with van der Waals surface area (Å²) in [4.78, 5) is 0. The van der Waals surface area contributed by atoms with Gasteiger partial charge in [0.1, 0.15) is 6.54 Å². The average Bonchev–Trinajstić information content (AvgIpc) is 2.97. The maximum atomic E-state index is 2.53. The Morgan fingerprint density at radius 1 is 0.375 bits per heavy atom. The second kappa shape index (κ2) is 29.6. The largest absolute Gasteiger partial charge is 0.205 e. The molecule has 0 unspecified atom stereocenters. The minimum atomic E-state index is 1.21. The molecule has 0 N–H and O–H groups in total. The summed E-state index contributed by atoms with van der Waals surface area (Å²) >= 11 is 0. The highest BCUT2D eigenvalue weighted by Gasteiger charge is 2.10. The van der Waals surface area contributed by atoms with Gasteiger partial charge in [0.15, 0.2) is 12.4 Å². The summed E-state index contributed by atoms with van der Waals surface area (Å²) in [6.45, 7) is 8.14. The summed E-state index contributed by atoms with van der Waals surface area (Å²) in [5, 5.41) is 0. The van der Waals surface area contributed by atoms with Gasteiger partial charge in [-0.2, -0.15) is 0 Å². The van der Waals surface area contributed by atoms with E-state index < -0.39 is 0 Å². The van der Waals surface area contributed by atoms with E-state index in [1.54, 1.807) is 11.1 Å². The lowest BCUT2D eigenvalue weighted by Crippen LogP contribution is -2.34. The maximum absolute atomic E-state index is 2.53. The zero-order chi connectivity index (χ0) is 28.8. The molecule has 1 nitrogen and oxygen atoms in total. The summed E-state index contributed by atoms with van der Waals surface area (Å²) < 4.78 is 2.51. The van der Waals surface area contributed by atoms with Crippen molar-refractivity contribution in [3.05, 3.63) is 29.6 Å². The Bertz CT molecular complexity index is 636. The van der Waals surface area contributed by atoms with Crippen LogP contribution in [0.25, 0.3) is 0 Å². The molecular weight excluding hydrogens is 482 g/mol. The zero-order valence-electron chi connectivity index (χ0n) is 28.1. The minimum Gasteiger partial charge on any atom is -0.205 e. The molecule has 0 atom stereocenters. The quantitative estimate of drug-likeness (QED) is 0.0632. The summed E-state index contributed by atoms with van der Waals surface area (Å²) in [7, 11) is 0. The Morgan fingerprint density at radius 2 is 0.700 bits per heavy atom. The fraction of sp³-hybridized carbons (Fsp3) is 0.872. The SMILES string of the molecule is CCCCCCCCCCCCCCCCCC[n+]1ccc(CCCCCCCC)c(CCCCCCCC)c1. The van der Waals surface area contributed by atoms with Crippen molar-refractivity contribution >= 4 is 0 Å². The van der Waals surface area contributed by atoms with E-state index in [9.17, 15) is 0 Å². The van der Waals surface area contributed by atoms with Gasteiger partial charge in [-0.05, 0) is 37.7 Å². The van der Waals surface area contributed by atoms with Crippen molar-refractivity contribution in [3.8, 4) is 0 Å². The third-order valence-electron chi connectivity index (χ3n) is 9.07. The first kappa shape index (κ1) is 37.2. The van der Waals surface area contributed by atoms with E-state index in [1.807, 2.05) is 0 Å². The molecule has 1 heteroatoms. The fourth-order valence-electron chi connectivity index (χ4n) is 6.26. The van der Waals surface area contributed by atoms with Crippen molar-refractivity contribution in [2.45, 2.75) is 220 Å². The fourth-order valence-corrected chi connectivity index (χ4v) is 6.26. The number of hydrogen-bond acceptors (Lipinski definition) is 0. The van der Waals surface area contributed by atoms with Crippen LogP contribution in [0.15, 0.2) is 18.5 Å². The average molecular weight is 557 g/mol. The molecule has 40 heavy (non-hydrogen) atoms. The van der Waals surface area contributed by atoms with E-state index in [4.69, 9.17) is 0 Å². The predicted octanol–water partition coefficient (Wildman–Crippen LogP) is 13.0. The first-order valence-electron chi connectivity index (χ1n) is 18.8. The number of unbranched alkanes of at least 4 members (excludes halogenated alkanes) is 25. The molecule has 1 rings (SSSR count). The smallest absolute Gasteiger partial charge is 0.172 e. The van der Waals surface area contributed by atoms with Crippen LogP contribution in [0.4, 0.5) is 0 Å². The molecule has 0 spiro atoms. The third kappa shape index (κ3) is 22.8. The van der Waals surface area contributed by atoms with Crippen molar-refractivity contribution in [2.75, 3.05) is 0 Å². The van der Waals surface area contributed by atoms with Crippen molar-refractivity contribution in [1.29, 1.82) is 0 Å². The molecule has 0 fully saturated rings. The molecule has 1 heterocycles. The Balaban J connectivity index is 2.20. The molecule has 0 aliphatic carbocycles. The van der Waals surface area contributed by atoms with Crippen LogP contribution in [0.2, 0.25) is 0 Å². The van der Waals surface area contributed by atoms with E-state index in [0.717, 1.165) is 0 Å². The van der Waals surface area contributed by atoms with E-state index in [1.165, 1.54) is 199 Å². The van der Waals surface area contributed by atoms with E-state index in [2.05, 4.69) is 43.8 Å². The summed E-state index contributed by atoms with van der Waals surface area (Å²) in [5.74, 6) is 0. The van der Waals surface area contributed by atoms with Gasteiger partial charge in [-0.1, -0.05) is 175 Å². The van der Waals surface area contributed by atoms with Gasteiger partial charge in [0.25, 0.3) is 0 Å². The van der Waals surface area contributed by atoms with Crippen LogP contribution >= 0.6 is 0 Å². The third-order valence-corrected chi connectivity index (χ3v) is 9.07. The van der Waals surface area contributed by atoms with Gasteiger partial charge < -0.3 is 0 Å². The number of rotatable bonds is 31. The minimum absolute atomic E-state index is 1.21. The van der Waals surface area contributed by atoms with Gasteiger partial charge in [0, 0.05) is 18.1 Å². The van der Waals surface area contributed by atoms with Crippen molar-refractivity contribution in [3.63, 3.8) is 0 Å². The van der Waals surface area contributed by atoms with Crippen molar-refractivity contribution in [2.24, 2.45) is 0 Å². The molecule has 1 aromatic heterocycles. The predicted molar refractivity (Wildman–Crippen MR) is 180 cm³/mol. The number of hydrogen-bond donors (Lipinski definition) is 0. The van der Waals surface area contributed by atoms with Crippen molar-refractivity contribution < 1.29 is 4.57 Å². The van der Waals surface area contributed by atoms with Crippen LogP contribution in [0, 0.1) is 0 Å². The first-order valence-corrected chi connectivity index (χ1v) is 18.8. The lowest BCUT2D eigenvalue weighted by atomic mass is 9.98. The topological polar surface area (TPSA) is 3.88 Å². The normalized spacial score (nSPS) is 11.5. The van der Waals surface area contributed by atoms with Crippen LogP contribution in [0.1, 0.15) is 212 Å². The lowest BCUT2D eigenvalue weighted by Gasteiger charge is -2.09. The Kier molecular flexibility index (Phi) is 27.5. The standard InChI is InChI=1S/C39H74N/c1-4-7-10-13-16-17-18-19-20-21-22-23-24-25-28-31-35-40-36-34-38(32-29-26-14-11-8-5-2)39(37-40)33-30-27-15-12-9-6-3/h34,36-37H,4-33,35H2,1-3H3/q+1. The van der Waals surface area contributed by atoms with Crippen LogP contribution < -0.4 is 4.57 Å². The van der Waals surface area contributed by atoms with Gasteiger partial charge in [0.05, 0.1) is 0 Å². The molecule has 0 amide bonds. The highest BCUT2D eigenvalue weighted by molar-refractivity contribution is 5.21. The van der Waals surface area contributed by atoms with Crippen LogP contribution in [-0.2, 0) is 19.4 Å². The highest BCUT2D eigenvalue weighted by atomic mass is 14.9. The number of pyridine rings is 1. The molecule has 0 aromatic carbocycles.